The normalized spacial score (nSPS) is 11.1. The third-order valence-corrected chi connectivity index (χ3v) is 3.35. The van der Waals surface area contributed by atoms with Crippen LogP contribution >= 0.6 is 11.6 Å². The molecule has 0 amide bonds. The topological polar surface area (TPSA) is 40.5 Å². The summed E-state index contributed by atoms with van der Waals surface area (Å²) in [5.74, 6) is -2.30. The number of pyridine rings is 1. The van der Waals surface area contributed by atoms with Crippen molar-refractivity contribution in [1.29, 1.82) is 0 Å². The molecule has 4 nitrogen and oxygen atoms in total. The van der Waals surface area contributed by atoms with Crippen LogP contribution in [-0.4, -0.2) is 24.9 Å². The average molecular weight is 366 g/mol. The molecule has 0 saturated carbocycles. The smallest absolute Gasteiger partial charge is 0.269 e. The first-order valence-corrected chi connectivity index (χ1v) is 7.01. The fourth-order valence-corrected chi connectivity index (χ4v) is 2.26. The van der Waals surface area contributed by atoms with Gasteiger partial charge in [0, 0.05) is 19.2 Å². The maximum Gasteiger partial charge on any atom is 0.269 e. The number of rotatable bonds is 6. The number of methoxy groups -OCH3 is 1. The molecule has 2 rings (SSSR count). The standard InChI is InChI=1S/C15H12ClF4NO3/c1-23-7-24-8-4-10(17)14(11(18)5-8)12-3-2-9(16)15(22)21(12)6-13(19)20/h2-5,13H,6-7H2,1H3. The van der Waals surface area contributed by atoms with Crippen LogP contribution < -0.4 is 10.3 Å². The van der Waals surface area contributed by atoms with Crippen LogP contribution in [0.15, 0.2) is 29.1 Å². The third-order valence-electron chi connectivity index (χ3n) is 3.06. The number of hydrogen-bond donors (Lipinski definition) is 0. The fourth-order valence-electron chi connectivity index (χ4n) is 2.09. The van der Waals surface area contributed by atoms with Gasteiger partial charge in [-0.25, -0.2) is 17.6 Å². The van der Waals surface area contributed by atoms with Crippen molar-refractivity contribution >= 4 is 11.6 Å². The average Bonchev–Trinajstić information content (AvgIpc) is 2.51. The van der Waals surface area contributed by atoms with Gasteiger partial charge in [-0.05, 0) is 12.1 Å². The van der Waals surface area contributed by atoms with E-state index < -0.39 is 35.7 Å². The molecule has 1 aromatic carbocycles. The van der Waals surface area contributed by atoms with E-state index in [0.29, 0.717) is 4.57 Å². The van der Waals surface area contributed by atoms with Crippen LogP contribution in [-0.2, 0) is 11.3 Å². The largest absolute Gasteiger partial charge is 0.467 e. The Kier molecular flexibility index (Phi) is 5.84. The van der Waals surface area contributed by atoms with Gasteiger partial charge in [-0.1, -0.05) is 11.6 Å². The molecule has 0 aliphatic heterocycles. The fraction of sp³-hybridized carbons (Fsp3) is 0.267. The molecule has 130 valence electrons. The number of ether oxygens (including phenoxy) is 2. The number of halogens is 5. The summed E-state index contributed by atoms with van der Waals surface area (Å²) in [6, 6.07) is 3.92. The van der Waals surface area contributed by atoms with Gasteiger partial charge in [0.2, 0.25) is 0 Å². The van der Waals surface area contributed by atoms with Gasteiger partial charge in [0.1, 0.15) is 22.4 Å². The van der Waals surface area contributed by atoms with Crippen LogP contribution in [0.25, 0.3) is 11.3 Å². The van der Waals surface area contributed by atoms with Crippen molar-refractivity contribution in [2.75, 3.05) is 13.9 Å². The minimum absolute atomic E-state index is 0.146. The lowest BCUT2D eigenvalue weighted by molar-refractivity contribution is 0.0507. The zero-order chi connectivity index (χ0) is 17.9. The third kappa shape index (κ3) is 3.88. The highest BCUT2D eigenvalue weighted by Gasteiger charge is 2.20. The predicted octanol–water partition coefficient (Wildman–Crippen LogP) is 3.69. The second-order valence-corrected chi connectivity index (χ2v) is 5.09. The second kappa shape index (κ2) is 7.67. The van der Waals surface area contributed by atoms with Crippen molar-refractivity contribution in [1.82, 2.24) is 4.57 Å². The summed E-state index contributed by atoms with van der Waals surface area (Å²) in [4.78, 5) is 11.9. The van der Waals surface area contributed by atoms with E-state index in [9.17, 15) is 22.4 Å². The Morgan fingerprint density at radius 1 is 1.21 bits per heavy atom. The first-order chi connectivity index (χ1) is 11.3. The zero-order valence-corrected chi connectivity index (χ0v) is 13.1. The highest BCUT2D eigenvalue weighted by molar-refractivity contribution is 6.30. The van der Waals surface area contributed by atoms with Crippen LogP contribution in [0.1, 0.15) is 0 Å². The predicted molar refractivity (Wildman–Crippen MR) is 79.6 cm³/mol. The Balaban J connectivity index is 2.60. The lowest BCUT2D eigenvalue weighted by Gasteiger charge is -2.15. The summed E-state index contributed by atoms with van der Waals surface area (Å²) < 4.78 is 64.1. The number of aromatic nitrogens is 1. The Labute approximate surface area is 139 Å². The van der Waals surface area contributed by atoms with Gasteiger partial charge in [0.05, 0.1) is 17.8 Å². The molecule has 1 heterocycles. The number of nitrogens with zero attached hydrogens (tertiary/aromatic N) is 1. The first kappa shape index (κ1) is 18.3. The Bertz CT molecular complexity index is 772. The molecule has 0 aliphatic carbocycles. The lowest BCUT2D eigenvalue weighted by atomic mass is 10.1. The van der Waals surface area contributed by atoms with E-state index in [2.05, 4.69) is 4.74 Å². The summed E-state index contributed by atoms with van der Waals surface area (Å²) in [5, 5.41) is -0.333. The molecule has 0 fully saturated rings. The SMILES string of the molecule is COCOc1cc(F)c(-c2ccc(Cl)c(=O)n2CC(F)F)c(F)c1. The molecule has 0 saturated heterocycles. The molecule has 1 aromatic heterocycles. The lowest BCUT2D eigenvalue weighted by Crippen LogP contribution is -2.25. The van der Waals surface area contributed by atoms with Gasteiger partial charge >= 0.3 is 0 Å². The molecule has 9 heteroatoms. The van der Waals surface area contributed by atoms with Crippen molar-refractivity contribution in [3.8, 4) is 17.0 Å². The molecule has 0 unspecified atom stereocenters. The van der Waals surface area contributed by atoms with Crippen molar-refractivity contribution in [2.45, 2.75) is 13.0 Å². The van der Waals surface area contributed by atoms with Crippen LogP contribution in [0.5, 0.6) is 5.75 Å². The van der Waals surface area contributed by atoms with Crippen molar-refractivity contribution in [3.63, 3.8) is 0 Å². The Morgan fingerprint density at radius 2 is 1.83 bits per heavy atom. The number of alkyl halides is 2. The van der Waals surface area contributed by atoms with Crippen LogP contribution in [0.3, 0.4) is 0 Å². The van der Waals surface area contributed by atoms with Crippen molar-refractivity contribution in [2.24, 2.45) is 0 Å². The van der Waals surface area contributed by atoms with E-state index in [1.807, 2.05) is 0 Å². The van der Waals surface area contributed by atoms with E-state index in [1.165, 1.54) is 7.11 Å². The van der Waals surface area contributed by atoms with Crippen molar-refractivity contribution < 1.29 is 27.0 Å². The summed E-state index contributed by atoms with van der Waals surface area (Å²) in [6.45, 7) is -1.27. The van der Waals surface area contributed by atoms with Crippen LogP contribution in [0, 0.1) is 11.6 Å². The summed E-state index contributed by atoms with van der Waals surface area (Å²) in [7, 11) is 1.33. The minimum Gasteiger partial charge on any atom is -0.467 e. The Morgan fingerprint density at radius 3 is 2.38 bits per heavy atom. The zero-order valence-electron chi connectivity index (χ0n) is 12.4. The molecule has 0 atom stereocenters. The molecular weight excluding hydrogens is 354 g/mol. The minimum atomic E-state index is -2.91. The molecule has 2 aromatic rings. The molecule has 24 heavy (non-hydrogen) atoms. The summed E-state index contributed by atoms with van der Waals surface area (Å²) in [6.07, 6.45) is -2.91. The van der Waals surface area contributed by atoms with Crippen LogP contribution in [0.2, 0.25) is 5.02 Å². The van der Waals surface area contributed by atoms with E-state index >= 15 is 0 Å². The number of benzene rings is 1. The molecule has 0 bridgehead atoms. The molecular formula is C15H12ClF4NO3. The quantitative estimate of drug-likeness (QED) is 0.579. The maximum atomic E-state index is 14.3. The Hall–Kier alpha value is -2.06. The van der Waals surface area contributed by atoms with Gasteiger partial charge in [-0.15, -0.1) is 0 Å². The highest BCUT2D eigenvalue weighted by atomic mass is 35.5. The van der Waals surface area contributed by atoms with Gasteiger partial charge in [0.25, 0.3) is 12.0 Å². The van der Waals surface area contributed by atoms with Crippen LogP contribution in [0.4, 0.5) is 17.6 Å². The van der Waals surface area contributed by atoms with Crippen molar-refractivity contribution in [3.05, 3.63) is 51.3 Å². The van der Waals surface area contributed by atoms with E-state index in [0.717, 1.165) is 24.3 Å². The van der Waals surface area contributed by atoms with Gasteiger partial charge in [-0.3, -0.25) is 4.79 Å². The highest BCUT2D eigenvalue weighted by Crippen LogP contribution is 2.30. The molecule has 0 N–H and O–H groups in total. The van der Waals surface area contributed by atoms with Gasteiger partial charge < -0.3 is 14.0 Å². The molecule has 0 radical (unpaired) electrons. The monoisotopic (exact) mass is 365 g/mol. The summed E-state index contributed by atoms with van der Waals surface area (Å²) in [5.41, 5.74) is -1.94. The molecule has 0 aliphatic rings. The van der Waals surface area contributed by atoms with Gasteiger partial charge in [-0.2, -0.15) is 0 Å². The second-order valence-electron chi connectivity index (χ2n) is 4.69. The maximum absolute atomic E-state index is 14.3. The van der Waals surface area contributed by atoms with E-state index in [1.54, 1.807) is 0 Å². The van der Waals surface area contributed by atoms with E-state index in [-0.39, 0.29) is 23.3 Å². The summed E-state index contributed by atoms with van der Waals surface area (Å²) >= 11 is 5.62. The van der Waals surface area contributed by atoms with E-state index in [4.69, 9.17) is 16.3 Å². The molecule has 0 spiro atoms. The number of hydrogen-bond acceptors (Lipinski definition) is 3. The first-order valence-electron chi connectivity index (χ1n) is 6.63. The van der Waals surface area contributed by atoms with Gasteiger partial charge in [0.15, 0.2) is 6.79 Å².